The highest BCUT2D eigenvalue weighted by molar-refractivity contribution is 6.34. The zero-order valence-corrected chi connectivity index (χ0v) is 14.3. The Kier molecular flexibility index (Phi) is 6.95. The Hall–Kier alpha value is -1.31. The highest BCUT2D eigenvalue weighted by Crippen LogP contribution is 2.24. The predicted octanol–water partition coefficient (Wildman–Crippen LogP) is 5.43. The molecular weight excluding hydrogens is 290 g/mol. The van der Waals surface area contributed by atoms with Gasteiger partial charge in [-0.05, 0) is 61.5 Å². The average molecular weight is 316 g/mol. The van der Waals surface area contributed by atoms with Crippen molar-refractivity contribution in [2.45, 2.75) is 32.6 Å². The molecule has 1 saturated heterocycles. The van der Waals surface area contributed by atoms with Crippen LogP contribution in [0.1, 0.15) is 37.3 Å². The van der Waals surface area contributed by atoms with Gasteiger partial charge in [-0.3, -0.25) is 0 Å². The van der Waals surface area contributed by atoms with Crippen molar-refractivity contribution in [3.05, 3.63) is 65.2 Å². The van der Waals surface area contributed by atoms with Gasteiger partial charge in [0, 0.05) is 11.6 Å². The van der Waals surface area contributed by atoms with Gasteiger partial charge in [0.1, 0.15) is 0 Å². The third-order valence-electron chi connectivity index (χ3n) is 4.21. The Morgan fingerprint density at radius 2 is 1.91 bits per heavy atom. The van der Waals surface area contributed by atoms with E-state index in [2.05, 4.69) is 48.7 Å². The number of halogens is 1. The van der Waals surface area contributed by atoms with E-state index in [-0.39, 0.29) is 0 Å². The number of hydrogen-bond acceptors (Lipinski definition) is 1. The molecule has 1 heterocycles. The molecule has 1 aliphatic rings. The Morgan fingerprint density at radius 1 is 1.23 bits per heavy atom. The molecule has 0 spiro atoms. The van der Waals surface area contributed by atoms with Crippen LogP contribution in [0.5, 0.6) is 0 Å². The van der Waals surface area contributed by atoms with Crippen LogP contribution in [0.25, 0.3) is 5.57 Å². The number of benzene rings is 1. The maximum Gasteiger partial charge on any atom is 0.0481 e. The molecule has 0 aromatic heterocycles. The number of nitrogens with zero attached hydrogens (tertiary/aromatic N) is 1. The van der Waals surface area contributed by atoms with E-state index in [1.165, 1.54) is 31.5 Å². The normalized spacial score (nSPS) is 17.0. The molecule has 0 N–H and O–H groups in total. The minimum Gasteiger partial charge on any atom is -0.303 e. The number of rotatable bonds is 7. The van der Waals surface area contributed by atoms with Gasteiger partial charge >= 0.3 is 0 Å². The van der Waals surface area contributed by atoms with Gasteiger partial charge in [0.2, 0.25) is 0 Å². The van der Waals surface area contributed by atoms with E-state index >= 15 is 0 Å². The van der Waals surface area contributed by atoms with E-state index in [4.69, 9.17) is 11.6 Å². The quantitative estimate of drug-likeness (QED) is 0.607. The fraction of sp³-hybridized carbons (Fsp3) is 0.400. The van der Waals surface area contributed by atoms with Crippen LogP contribution < -0.4 is 0 Å². The van der Waals surface area contributed by atoms with Crippen molar-refractivity contribution < 1.29 is 0 Å². The summed E-state index contributed by atoms with van der Waals surface area (Å²) in [4.78, 5) is 2.51. The summed E-state index contributed by atoms with van der Waals surface area (Å²) < 4.78 is 0. The zero-order valence-electron chi connectivity index (χ0n) is 13.5. The first-order valence-corrected chi connectivity index (χ1v) is 8.62. The zero-order chi connectivity index (χ0) is 15.8. The lowest BCUT2D eigenvalue weighted by atomic mass is 10.0. The van der Waals surface area contributed by atoms with Crippen LogP contribution in [0.2, 0.25) is 0 Å². The lowest BCUT2D eigenvalue weighted by Gasteiger charge is -2.12. The highest BCUT2D eigenvalue weighted by Gasteiger charge is 2.09. The van der Waals surface area contributed by atoms with Gasteiger partial charge in [0.05, 0.1) is 0 Å². The van der Waals surface area contributed by atoms with E-state index in [9.17, 15) is 0 Å². The fourth-order valence-electron chi connectivity index (χ4n) is 2.81. The van der Waals surface area contributed by atoms with Gasteiger partial charge in [0.15, 0.2) is 0 Å². The molecule has 1 aromatic carbocycles. The third kappa shape index (κ3) is 4.86. The first-order valence-electron chi connectivity index (χ1n) is 8.25. The summed E-state index contributed by atoms with van der Waals surface area (Å²) in [6.07, 6.45) is 10.8. The summed E-state index contributed by atoms with van der Waals surface area (Å²) in [7, 11) is 0. The lowest BCUT2D eigenvalue weighted by molar-refractivity contribution is 0.346. The van der Waals surface area contributed by atoms with E-state index in [0.29, 0.717) is 0 Å². The van der Waals surface area contributed by atoms with Crippen LogP contribution in [0.3, 0.4) is 0 Å². The van der Waals surface area contributed by atoms with Gasteiger partial charge in [0.25, 0.3) is 0 Å². The predicted molar refractivity (Wildman–Crippen MR) is 98.2 cm³/mol. The van der Waals surface area contributed by atoms with Crippen molar-refractivity contribution in [3.8, 4) is 0 Å². The number of aryl methyl sites for hydroxylation is 1. The molecule has 0 saturated carbocycles. The first kappa shape index (κ1) is 17.1. The van der Waals surface area contributed by atoms with Gasteiger partial charge in [-0.2, -0.15) is 0 Å². The molecule has 1 aliphatic heterocycles. The van der Waals surface area contributed by atoms with Crippen molar-refractivity contribution in [1.82, 2.24) is 4.90 Å². The van der Waals surface area contributed by atoms with Gasteiger partial charge in [-0.25, -0.2) is 0 Å². The molecule has 0 amide bonds. The van der Waals surface area contributed by atoms with Gasteiger partial charge < -0.3 is 4.90 Å². The average Bonchev–Trinajstić information content (AvgIpc) is 3.06. The van der Waals surface area contributed by atoms with E-state index in [1.54, 1.807) is 0 Å². The molecule has 1 aromatic rings. The topological polar surface area (TPSA) is 3.24 Å². The van der Waals surface area contributed by atoms with Crippen LogP contribution in [-0.4, -0.2) is 24.5 Å². The molecule has 0 atom stereocenters. The molecular formula is C20H26ClN. The molecule has 0 radical (unpaired) electrons. The molecule has 0 unspecified atom stereocenters. The Bertz CT molecular complexity index is 533. The standard InChI is InChI=1S/C20H26ClN/c1-3-17-10-12-18(13-11-17)19(4-2)20(21)9-5-6-14-22-15-7-8-16-22/h4-5,9-13H,2-3,6-8,14-16H2,1H3/b9-5-,20-19-. The molecule has 0 aliphatic carbocycles. The SMILES string of the molecule is C=C/C(=C(Cl)\C=C/CCN1CCCC1)c1ccc(CC)cc1. The number of allylic oxidation sites excluding steroid dienone is 4. The fourth-order valence-corrected chi connectivity index (χ4v) is 3.09. The van der Waals surface area contributed by atoms with Crippen LogP contribution in [-0.2, 0) is 6.42 Å². The minimum absolute atomic E-state index is 0.765. The smallest absolute Gasteiger partial charge is 0.0481 e. The molecule has 1 fully saturated rings. The summed E-state index contributed by atoms with van der Waals surface area (Å²) in [5.74, 6) is 0. The van der Waals surface area contributed by atoms with Crippen LogP contribution >= 0.6 is 11.6 Å². The highest BCUT2D eigenvalue weighted by atomic mass is 35.5. The van der Waals surface area contributed by atoms with Crippen molar-refractivity contribution in [2.24, 2.45) is 0 Å². The van der Waals surface area contributed by atoms with Crippen LogP contribution in [0, 0.1) is 0 Å². The molecule has 1 nitrogen and oxygen atoms in total. The van der Waals surface area contributed by atoms with Crippen LogP contribution in [0.4, 0.5) is 0 Å². The first-order chi connectivity index (χ1) is 10.7. The van der Waals surface area contributed by atoms with Gasteiger partial charge in [-0.15, -0.1) is 0 Å². The second kappa shape index (κ2) is 8.97. The van der Waals surface area contributed by atoms with Crippen molar-refractivity contribution in [2.75, 3.05) is 19.6 Å². The molecule has 2 heteroatoms. The maximum absolute atomic E-state index is 6.46. The summed E-state index contributed by atoms with van der Waals surface area (Å²) in [6, 6.07) is 8.55. The second-order valence-corrected chi connectivity index (χ2v) is 6.16. The maximum atomic E-state index is 6.46. The lowest BCUT2D eigenvalue weighted by Crippen LogP contribution is -2.19. The Balaban J connectivity index is 1.98. The van der Waals surface area contributed by atoms with Crippen molar-refractivity contribution in [3.63, 3.8) is 0 Å². The van der Waals surface area contributed by atoms with Crippen molar-refractivity contribution >= 4 is 17.2 Å². The van der Waals surface area contributed by atoms with E-state index < -0.39 is 0 Å². The Morgan fingerprint density at radius 3 is 2.50 bits per heavy atom. The molecule has 2 rings (SSSR count). The number of likely N-dealkylation sites (tertiary alicyclic amines) is 1. The van der Waals surface area contributed by atoms with Crippen molar-refractivity contribution in [1.29, 1.82) is 0 Å². The molecule has 0 bridgehead atoms. The number of hydrogen-bond donors (Lipinski definition) is 0. The summed E-state index contributed by atoms with van der Waals surface area (Å²) >= 11 is 6.46. The largest absolute Gasteiger partial charge is 0.303 e. The third-order valence-corrected chi connectivity index (χ3v) is 4.54. The molecule has 22 heavy (non-hydrogen) atoms. The summed E-state index contributed by atoms with van der Waals surface area (Å²) in [6.45, 7) is 9.70. The Labute approximate surface area is 140 Å². The summed E-state index contributed by atoms with van der Waals surface area (Å²) in [5, 5.41) is 0.765. The minimum atomic E-state index is 0.765. The van der Waals surface area contributed by atoms with Crippen LogP contribution in [0.15, 0.2) is 54.1 Å². The van der Waals surface area contributed by atoms with E-state index in [0.717, 1.165) is 35.6 Å². The second-order valence-electron chi connectivity index (χ2n) is 5.76. The summed E-state index contributed by atoms with van der Waals surface area (Å²) in [5.41, 5.74) is 3.47. The monoisotopic (exact) mass is 315 g/mol. The molecule has 118 valence electrons. The van der Waals surface area contributed by atoms with E-state index in [1.807, 2.05) is 12.2 Å². The van der Waals surface area contributed by atoms with Gasteiger partial charge in [-0.1, -0.05) is 61.5 Å².